The smallest absolute Gasteiger partial charge is 0.319 e. The number of hydrogen-bond donors (Lipinski definition) is 2. The SMILES string of the molecule is Cc1ccccc1C(=O)Nc1ccc(S(=O)(=O)N[C@H]2CCN(C(=O)N(C)C)CC2C)c2c1CCCC2. The lowest BCUT2D eigenvalue weighted by Crippen LogP contribution is -2.53. The zero-order chi connectivity index (χ0) is 26.0. The first-order valence-corrected chi connectivity index (χ1v) is 14.1. The van der Waals surface area contributed by atoms with Gasteiger partial charge >= 0.3 is 6.03 Å². The quantitative estimate of drug-likeness (QED) is 0.637. The van der Waals surface area contributed by atoms with Gasteiger partial charge in [-0.1, -0.05) is 25.1 Å². The molecule has 1 unspecified atom stereocenters. The fourth-order valence-electron chi connectivity index (χ4n) is 5.26. The van der Waals surface area contributed by atoms with Crippen molar-refractivity contribution in [2.24, 2.45) is 5.92 Å². The third-order valence-corrected chi connectivity index (χ3v) is 8.86. The summed E-state index contributed by atoms with van der Waals surface area (Å²) in [7, 11) is -0.328. The molecule has 2 atom stereocenters. The van der Waals surface area contributed by atoms with E-state index in [4.69, 9.17) is 0 Å². The molecule has 1 heterocycles. The van der Waals surface area contributed by atoms with Crippen LogP contribution in [0.3, 0.4) is 0 Å². The molecular weight excluding hydrogens is 476 g/mol. The molecule has 0 aromatic heterocycles. The summed E-state index contributed by atoms with van der Waals surface area (Å²) >= 11 is 0. The van der Waals surface area contributed by atoms with E-state index in [1.807, 2.05) is 32.0 Å². The molecule has 2 aromatic rings. The van der Waals surface area contributed by atoms with E-state index in [1.165, 1.54) is 0 Å². The number of nitrogens with one attached hydrogen (secondary N) is 2. The van der Waals surface area contributed by atoms with E-state index >= 15 is 0 Å². The first kappa shape index (κ1) is 26.2. The van der Waals surface area contributed by atoms with Crippen molar-refractivity contribution in [1.29, 1.82) is 0 Å². The van der Waals surface area contributed by atoms with Crippen molar-refractivity contribution in [1.82, 2.24) is 14.5 Å². The molecule has 0 bridgehead atoms. The number of fused-ring (bicyclic) bond motifs is 1. The minimum absolute atomic E-state index is 0.0130. The number of aryl methyl sites for hydroxylation is 1. The highest BCUT2D eigenvalue weighted by atomic mass is 32.2. The first-order valence-electron chi connectivity index (χ1n) is 12.6. The van der Waals surface area contributed by atoms with E-state index < -0.39 is 10.0 Å². The summed E-state index contributed by atoms with van der Waals surface area (Å²) in [6, 6.07) is 10.4. The van der Waals surface area contributed by atoms with Gasteiger partial charge in [-0.15, -0.1) is 0 Å². The molecule has 194 valence electrons. The van der Waals surface area contributed by atoms with Crippen LogP contribution in [0.2, 0.25) is 0 Å². The van der Waals surface area contributed by atoms with E-state index in [-0.39, 0.29) is 23.9 Å². The van der Waals surface area contributed by atoms with Crippen LogP contribution < -0.4 is 10.0 Å². The minimum atomic E-state index is -3.77. The molecule has 36 heavy (non-hydrogen) atoms. The van der Waals surface area contributed by atoms with Gasteiger partial charge in [-0.2, -0.15) is 0 Å². The molecule has 3 amide bonds. The van der Waals surface area contributed by atoms with Crippen molar-refractivity contribution in [3.05, 3.63) is 58.7 Å². The van der Waals surface area contributed by atoms with E-state index in [0.717, 1.165) is 36.0 Å². The molecule has 0 radical (unpaired) electrons. The van der Waals surface area contributed by atoms with Gasteiger partial charge in [0.2, 0.25) is 10.0 Å². The highest BCUT2D eigenvalue weighted by molar-refractivity contribution is 7.89. The van der Waals surface area contributed by atoms with Crippen molar-refractivity contribution >= 4 is 27.6 Å². The Labute approximate surface area is 214 Å². The molecule has 1 aliphatic heterocycles. The second kappa shape index (κ2) is 10.6. The van der Waals surface area contributed by atoms with Crippen LogP contribution in [0.1, 0.15) is 53.2 Å². The topological polar surface area (TPSA) is 98.8 Å². The number of likely N-dealkylation sites (tertiary alicyclic amines) is 1. The molecule has 1 fully saturated rings. The predicted octanol–water partition coefficient (Wildman–Crippen LogP) is 3.80. The standard InChI is InChI=1S/C27H36N4O4S/c1-18-9-5-6-10-20(18)26(32)28-24-13-14-25(22-12-8-7-11-21(22)24)36(34,35)29-23-15-16-31(17-19(23)2)27(33)30(3)4/h5-6,9-10,13-14,19,23,29H,7-8,11-12,15-17H2,1-4H3,(H,28,32)/t19?,23-/m0/s1. The largest absolute Gasteiger partial charge is 0.331 e. The van der Waals surface area contributed by atoms with Gasteiger partial charge in [0.15, 0.2) is 0 Å². The molecule has 1 aliphatic carbocycles. The van der Waals surface area contributed by atoms with Crippen LogP contribution in [0.4, 0.5) is 10.5 Å². The van der Waals surface area contributed by atoms with Gasteiger partial charge in [0, 0.05) is 44.5 Å². The van der Waals surface area contributed by atoms with Gasteiger partial charge in [0.05, 0.1) is 4.90 Å². The Morgan fingerprint density at radius 1 is 1.03 bits per heavy atom. The summed E-state index contributed by atoms with van der Waals surface area (Å²) in [5.74, 6) is -0.205. The lowest BCUT2D eigenvalue weighted by atomic mass is 9.90. The minimum Gasteiger partial charge on any atom is -0.331 e. The van der Waals surface area contributed by atoms with Crippen molar-refractivity contribution in [3.63, 3.8) is 0 Å². The van der Waals surface area contributed by atoms with Crippen molar-refractivity contribution in [2.75, 3.05) is 32.5 Å². The zero-order valence-corrected chi connectivity index (χ0v) is 22.3. The van der Waals surface area contributed by atoms with Crippen molar-refractivity contribution in [3.8, 4) is 0 Å². The lowest BCUT2D eigenvalue weighted by molar-refractivity contribution is 0.102. The monoisotopic (exact) mass is 512 g/mol. The fraction of sp³-hybridized carbons (Fsp3) is 0.481. The molecule has 2 N–H and O–H groups in total. The highest BCUT2D eigenvalue weighted by Gasteiger charge is 2.34. The van der Waals surface area contributed by atoms with E-state index in [1.54, 1.807) is 42.1 Å². The summed E-state index contributed by atoms with van der Waals surface area (Å²) in [6.07, 6.45) is 3.81. The van der Waals surface area contributed by atoms with Crippen LogP contribution in [0.5, 0.6) is 0 Å². The van der Waals surface area contributed by atoms with Crippen LogP contribution >= 0.6 is 0 Å². The number of piperidine rings is 1. The van der Waals surface area contributed by atoms with E-state index in [9.17, 15) is 18.0 Å². The fourth-order valence-corrected chi connectivity index (χ4v) is 6.93. The van der Waals surface area contributed by atoms with Gasteiger partial charge in [0.1, 0.15) is 0 Å². The Hall–Kier alpha value is -2.91. The number of carbonyl (C=O) groups is 2. The highest BCUT2D eigenvalue weighted by Crippen LogP contribution is 2.34. The third kappa shape index (κ3) is 5.42. The number of urea groups is 1. The molecule has 9 heteroatoms. The van der Waals surface area contributed by atoms with Crippen LogP contribution in [-0.4, -0.2) is 63.4 Å². The third-order valence-electron chi connectivity index (χ3n) is 7.28. The Morgan fingerprint density at radius 2 is 1.72 bits per heavy atom. The Bertz CT molecular complexity index is 1260. The van der Waals surface area contributed by atoms with Crippen LogP contribution in [0, 0.1) is 12.8 Å². The van der Waals surface area contributed by atoms with Gasteiger partial charge in [0.25, 0.3) is 5.91 Å². The first-order chi connectivity index (χ1) is 17.1. The predicted molar refractivity (Wildman–Crippen MR) is 141 cm³/mol. The van der Waals surface area contributed by atoms with Gasteiger partial charge in [-0.05, 0) is 79.8 Å². The summed E-state index contributed by atoms with van der Waals surface area (Å²) in [5.41, 5.74) is 3.88. The summed E-state index contributed by atoms with van der Waals surface area (Å²) < 4.78 is 30.0. The van der Waals surface area contributed by atoms with E-state index in [2.05, 4.69) is 10.0 Å². The zero-order valence-electron chi connectivity index (χ0n) is 21.5. The Morgan fingerprint density at radius 3 is 2.39 bits per heavy atom. The average molecular weight is 513 g/mol. The number of rotatable bonds is 5. The van der Waals surface area contributed by atoms with Gasteiger partial charge in [-0.3, -0.25) is 4.79 Å². The molecule has 4 rings (SSSR count). The number of anilines is 1. The van der Waals surface area contributed by atoms with Crippen molar-refractivity contribution in [2.45, 2.75) is 56.9 Å². The molecule has 8 nitrogen and oxygen atoms in total. The number of carbonyl (C=O) groups excluding carboxylic acids is 2. The number of sulfonamides is 1. The Balaban J connectivity index is 1.55. The Kier molecular flexibility index (Phi) is 7.70. The van der Waals surface area contributed by atoms with Gasteiger partial charge < -0.3 is 15.1 Å². The normalized spacial score (nSPS) is 19.9. The maximum atomic E-state index is 13.6. The molecule has 1 saturated heterocycles. The molecule has 2 aliphatic rings. The second-order valence-electron chi connectivity index (χ2n) is 10.2. The summed E-state index contributed by atoms with van der Waals surface area (Å²) in [5, 5.41) is 3.02. The number of amides is 3. The van der Waals surface area contributed by atoms with Crippen LogP contribution in [-0.2, 0) is 22.9 Å². The average Bonchev–Trinajstić information content (AvgIpc) is 2.85. The molecular formula is C27H36N4O4S. The molecule has 0 spiro atoms. The molecule has 2 aromatic carbocycles. The van der Waals surface area contributed by atoms with Gasteiger partial charge in [-0.25, -0.2) is 17.9 Å². The second-order valence-corrected chi connectivity index (χ2v) is 11.8. The van der Waals surface area contributed by atoms with E-state index in [0.29, 0.717) is 42.1 Å². The summed E-state index contributed by atoms with van der Waals surface area (Å²) in [4.78, 5) is 28.9. The number of nitrogens with zero attached hydrogens (tertiary/aromatic N) is 2. The number of benzene rings is 2. The lowest BCUT2D eigenvalue weighted by Gasteiger charge is -2.38. The van der Waals surface area contributed by atoms with Crippen LogP contribution in [0.25, 0.3) is 0 Å². The number of hydrogen-bond acceptors (Lipinski definition) is 4. The van der Waals surface area contributed by atoms with Crippen molar-refractivity contribution < 1.29 is 18.0 Å². The maximum Gasteiger partial charge on any atom is 0.319 e. The summed E-state index contributed by atoms with van der Waals surface area (Å²) in [6.45, 7) is 4.89. The molecule has 0 saturated carbocycles. The van der Waals surface area contributed by atoms with Crippen LogP contribution in [0.15, 0.2) is 41.3 Å². The maximum absolute atomic E-state index is 13.6.